The summed E-state index contributed by atoms with van der Waals surface area (Å²) in [6, 6.07) is 14.7. The third-order valence-electron chi connectivity index (χ3n) is 14.5. The van der Waals surface area contributed by atoms with E-state index in [2.05, 4.69) is 26.6 Å². The molecule has 1 aliphatic heterocycles. The van der Waals surface area contributed by atoms with Crippen LogP contribution in [0.4, 0.5) is 0 Å². The minimum atomic E-state index is -2.38. The zero-order valence-electron chi connectivity index (χ0n) is 41.2. The molecule has 4 aliphatic rings. The molecule has 2 saturated carbocycles. The number of halogens is 1. The van der Waals surface area contributed by atoms with E-state index in [9.17, 15) is 44.4 Å². The number of hydrogen-bond acceptors (Lipinski definition) is 18. The van der Waals surface area contributed by atoms with Gasteiger partial charge in [-0.1, -0.05) is 78.3 Å². The molecule has 21 heteroatoms. The fraction of sp³-hybridized carbons (Fsp3) is 0.608. The first-order valence-electron chi connectivity index (χ1n) is 24.0. The summed E-state index contributed by atoms with van der Waals surface area (Å²) in [6.07, 6.45) is -10.9. The van der Waals surface area contributed by atoms with E-state index in [0.717, 1.165) is 6.92 Å². The Bertz CT molecular complexity index is 2270. The van der Waals surface area contributed by atoms with Gasteiger partial charge in [0.05, 0.1) is 93.8 Å². The molecule has 2 aromatic carbocycles. The predicted octanol–water partition coefficient (Wildman–Crippen LogP) is 1.82. The second-order valence-electron chi connectivity index (χ2n) is 19.2. The van der Waals surface area contributed by atoms with Gasteiger partial charge in [-0.3, -0.25) is 19.2 Å². The SMILES string of the molecule is CC(=O)O[C@@]12CO[C@@H]1C[C@H](O)[C@@]1(C)C(=O)[C@H](O)C3=C(C)[C@@H](OC(=O)[C@H](O)[C@@H](NC(=O)CCOCCOCCOCCOCCNC(=O)CBr)c4ccccc4)C[C@@](O)([C@@H](OC(=O)c4ccccc4)C12)C3(C)C. The van der Waals surface area contributed by atoms with Crippen LogP contribution in [0, 0.1) is 16.7 Å². The average Bonchev–Trinajstić information content (AvgIpc) is 3.35. The molecule has 0 aromatic heterocycles. The highest BCUT2D eigenvalue weighted by Gasteiger charge is 2.78. The maximum atomic E-state index is 15.1. The molecule has 1 saturated heterocycles. The first-order chi connectivity index (χ1) is 34.2. The van der Waals surface area contributed by atoms with Crippen LogP contribution in [0.25, 0.3) is 0 Å². The van der Waals surface area contributed by atoms with Crippen molar-refractivity contribution >= 4 is 51.4 Å². The van der Waals surface area contributed by atoms with Crippen LogP contribution in [0.2, 0.25) is 0 Å². The van der Waals surface area contributed by atoms with Crippen molar-refractivity contribution in [3.63, 3.8) is 0 Å². The number of amides is 2. The molecule has 2 aromatic rings. The van der Waals surface area contributed by atoms with Gasteiger partial charge in [-0.25, -0.2) is 9.59 Å². The van der Waals surface area contributed by atoms with Gasteiger partial charge in [0.25, 0.3) is 0 Å². The number of rotatable bonds is 24. The van der Waals surface area contributed by atoms with E-state index < -0.39 is 107 Å². The molecular formula is C51H67BrN2O18. The molecule has 1 heterocycles. The molecular weight excluding hydrogens is 1010 g/mol. The van der Waals surface area contributed by atoms with Gasteiger partial charge in [0, 0.05) is 38.1 Å². The lowest BCUT2D eigenvalue weighted by molar-refractivity contribution is -0.346. The van der Waals surface area contributed by atoms with Crippen LogP contribution in [-0.2, 0) is 61.9 Å². The van der Waals surface area contributed by atoms with Crippen LogP contribution in [0.15, 0.2) is 71.8 Å². The van der Waals surface area contributed by atoms with Gasteiger partial charge in [0.2, 0.25) is 11.8 Å². The van der Waals surface area contributed by atoms with Gasteiger partial charge in [-0.05, 0) is 42.7 Å². The maximum absolute atomic E-state index is 15.1. The van der Waals surface area contributed by atoms with Crippen molar-refractivity contribution in [2.75, 3.05) is 71.3 Å². The molecule has 3 fully saturated rings. The molecule has 11 atom stereocenters. The van der Waals surface area contributed by atoms with Gasteiger partial charge >= 0.3 is 17.9 Å². The van der Waals surface area contributed by atoms with E-state index in [1.54, 1.807) is 62.4 Å². The second-order valence-corrected chi connectivity index (χ2v) is 19.7. The van der Waals surface area contributed by atoms with Crippen LogP contribution in [0.5, 0.6) is 0 Å². The van der Waals surface area contributed by atoms with Crippen molar-refractivity contribution in [3.8, 4) is 0 Å². The largest absolute Gasteiger partial charge is 0.456 e. The van der Waals surface area contributed by atoms with E-state index in [4.69, 9.17) is 37.9 Å². The number of aliphatic hydroxyl groups is 4. The van der Waals surface area contributed by atoms with Crippen LogP contribution in [0.3, 0.4) is 0 Å². The lowest BCUT2D eigenvalue weighted by atomic mass is 9.44. The van der Waals surface area contributed by atoms with Gasteiger partial charge in [-0.15, -0.1) is 0 Å². The summed E-state index contributed by atoms with van der Waals surface area (Å²) < 4.78 is 46.2. The normalized spacial score (nSPS) is 29.2. The van der Waals surface area contributed by atoms with Crippen molar-refractivity contribution in [3.05, 3.63) is 82.9 Å². The van der Waals surface area contributed by atoms with Gasteiger partial charge < -0.3 is 69.0 Å². The van der Waals surface area contributed by atoms with Crippen molar-refractivity contribution in [1.29, 1.82) is 0 Å². The Kier molecular flexibility index (Phi) is 19.3. The molecule has 20 nitrogen and oxygen atoms in total. The van der Waals surface area contributed by atoms with E-state index in [-0.39, 0.29) is 67.2 Å². The number of carbonyl (C=O) groups excluding carboxylic acids is 6. The Hall–Kier alpha value is -4.68. The fourth-order valence-electron chi connectivity index (χ4n) is 10.6. The summed E-state index contributed by atoms with van der Waals surface area (Å²) in [5.74, 6) is -6.11. The Morgan fingerprint density at radius 3 is 1.99 bits per heavy atom. The molecule has 2 bridgehead atoms. The van der Waals surface area contributed by atoms with E-state index >= 15 is 4.79 Å². The minimum absolute atomic E-state index is 0.0237. The maximum Gasteiger partial charge on any atom is 0.338 e. The number of ether oxygens (including phenoxy) is 8. The number of hydrogen-bond donors (Lipinski definition) is 6. The predicted molar refractivity (Wildman–Crippen MR) is 257 cm³/mol. The van der Waals surface area contributed by atoms with E-state index in [1.165, 1.54) is 26.0 Å². The molecule has 0 spiro atoms. The third-order valence-corrected chi connectivity index (χ3v) is 15.0. The fourth-order valence-corrected chi connectivity index (χ4v) is 10.8. The number of fused-ring (bicyclic) bond motifs is 5. The summed E-state index contributed by atoms with van der Waals surface area (Å²) in [5.41, 5.74) is -7.33. The summed E-state index contributed by atoms with van der Waals surface area (Å²) in [5, 5.41) is 55.1. The standard InChI is InChI=1S/C51H67BrN2O18/c1-30-34(70-47(63)42(60)40(32-12-8-6-9-13-32)54-37(57)16-18-65-20-22-67-24-25-68-23-21-66-19-17-53-38(58)28-52)27-51(64)45(71-46(62)33-14-10-7-11-15-33)43-49(5,44(61)41(59)39(30)48(51,3)4)35(56)26-36-50(43,29-69-36)72-31(2)55/h6-15,34-36,40-43,45,56,59-60,64H,16-29H2,1-5H3,(H,53,58)(H,54,57)/t34-,35-,36+,40-,41+,42+,43?,45-,49+,50-,51+/m0/s1. The number of benzene rings is 2. The van der Waals surface area contributed by atoms with Crippen LogP contribution in [0.1, 0.15) is 75.8 Å². The van der Waals surface area contributed by atoms with Crippen molar-refractivity contribution in [1.82, 2.24) is 10.6 Å². The number of ketones is 1. The molecule has 0 radical (unpaired) electrons. The topological polar surface area (TPSA) is 281 Å². The summed E-state index contributed by atoms with van der Waals surface area (Å²) in [6.45, 7) is 9.27. The number of Topliss-reactive ketones (excluding diaryl/α,β-unsaturated/α-hetero) is 1. The summed E-state index contributed by atoms with van der Waals surface area (Å²) in [4.78, 5) is 81.0. The smallest absolute Gasteiger partial charge is 0.338 e. The lowest BCUT2D eigenvalue weighted by Crippen LogP contribution is -2.81. The third kappa shape index (κ3) is 12.0. The molecule has 1 unspecified atom stereocenters. The first kappa shape index (κ1) is 56.6. The number of aliphatic hydroxyl groups excluding tert-OH is 3. The van der Waals surface area contributed by atoms with E-state index in [0.29, 0.717) is 45.1 Å². The van der Waals surface area contributed by atoms with Crippen LogP contribution in [-0.4, -0.2) is 175 Å². The quantitative estimate of drug-likeness (QED) is 0.0288. The molecule has 2 amide bonds. The molecule has 6 rings (SSSR count). The van der Waals surface area contributed by atoms with E-state index in [1.807, 2.05) is 0 Å². The monoisotopic (exact) mass is 1070 g/mol. The Morgan fingerprint density at radius 1 is 0.833 bits per heavy atom. The molecule has 72 heavy (non-hydrogen) atoms. The highest BCUT2D eigenvalue weighted by molar-refractivity contribution is 9.09. The van der Waals surface area contributed by atoms with Gasteiger partial charge in [-0.2, -0.15) is 0 Å². The van der Waals surface area contributed by atoms with Gasteiger partial charge in [0.1, 0.15) is 30.0 Å². The zero-order valence-corrected chi connectivity index (χ0v) is 42.8. The summed E-state index contributed by atoms with van der Waals surface area (Å²) in [7, 11) is 0. The number of carbonyl (C=O) groups is 6. The highest BCUT2D eigenvalue weighted by atomic mass is 79.9. The number of esters is 3. The molecule has 3 aliphatic carbocycles. The van der Waals surface area contributed by atoms with Crippen molar-refractivity contribution in [2.45, 2.75) is 108 Å². The number of nitrogens with one attached hydrogen (secondary N) is 2. The zero-order chi connectivity index (χ0) is 52.4. The van der Waals surface area contributed by atoms with Crippen molar-refractivity contribution < 1.29 is 87.1 Å². The minimum Gasteiger partial charge on any atom is -0.456 e. The van der Waals surface area contributed by atoms with Crippen molar-refractivity contribution in [2.24, 2.45) is 16.7 Å². The number of alkyl halides is 1. The van der Waals surface area contributed by atoms with Gasteiger partial charge in [0.15, 0.2) is 17.5 Å². The average molecular weight is 1080 g/mol. The Balaban J connectivity index is 1.17. The Labute approximate surface area is 426 Å². The van der Waals surface area contributed by atoms with Crippen LogP contribution >= 0.6 is 15.9 Å². The lowest BCUT2D eigenvalue weighted by Gasteiger charge is -2.67. The Morgan fingerprint density at radius 2 is 1.42 bits per heavy atom. The second kappa shape index (κ2) is 24.6. The molecule has 396 valence electrons. The van der Waals surface area contributed by atoms with Crippen LogP contribution < -0.4 is 10.6 Å². The first-order valence-corrected chi connectivity index (χ1v) is 25.1. The highest BCUT2D eigenvalue weighted by Crippen LogP contribution is 2.64. The molecule has 6 N–H and O–H groups in total. The summed E-state index contributed by atoms with van der Waals surface area (Å²) >= 11 is 3.07.